The summed E-state index contributed by atoms with van der Waals surface area (Å²) >= 11 is 3.38. The molecule has 1 heterocycles. The second-order valence-corrected chi connectivity index (χ2v) is 5.86. The van der Waals surface area contributed by atoms with Gasteiger partial charge >= 0.3 is 0 Å². The van der Waals surface area contributed by atoms with E-state index >= 15 is 0 Å². The summed E-state index contributed by atoms with van der Waals surface area (Å²) in [7, 11) is 1.91. The highest BCUT2D eigenvalue weighted by Gasteiger charge is 2.15. The van der Waals surface area contributed by atoms with Crippen molar-refractivity contribution in [2.24, 2.45) is 7.05 Å². The number of anilines is 1. The molecule has 0 radical (unpaired) electrons. The molecule has 0 fully saturated rings. The maximum atomic E-state index is 10.9. The van der Waals surface area contributed by atoms with E-state index in [4.69, 9.17) is 0 Å². The number of nitrogens with zero attached hydrogens (tertiary/aromatic N) is 3. The number of aryl methyl sites for hydroxylation is 3. The van der Waals surface area contributed by atoms with Crippen molar-refractivity contribution in [1.82, 2.24) is 9.78 Å². The van der Waals surface area contributed by atoms with Crippen molar-refractivity contribution in [3.05, 3.63) is 49.2 Å². The molecule has 6 nitrogen and oxygen atoms in total. The Morgan fingerprint density at radius 2 is 2.05 bits per heavy atom. The maximum absolute atomic E-state index is 10.9. The van der Waals surface area contributed by atoms with Crippen LogP contribution in [-0.4, -0.2) is 14.7 Å². The van der Waals surface area contributed by atoms with Crippen LogP contribution in [0, 0.1) is 30.9 Å². The monoisotopic (exact) mass is 352 g/mol. The third-order valence-corrected chi connectivity index (χ3v) is 4.25. The zero-order valence-corrected chi connectivity index (χ0v) is 14.0. The van der Waals surface area contributed by atoms with E-state index in [0.717, 1.165) is 22.6 Å². The van der Waals surface area contributed by atoms with Crippen LogP contribution < -0.4 is 5.32 Å². The third kappa shape index (κ3) is 3.07. The number of halogens is 1. The zero-order chi connectivity index (χ0) is 15.7. The van der Waals surface area contributed by atoms with Crippen LogP contribution in [0.15, 0.2) is 16.6 Å². The lowest BCUT2D eigenvalue weighted by atomic mass is 10.1. The summed E-state index contributed by atoms with van der Waals surface area (Å²) < 4.78 is 2.53. The lowest BCUT2D eigenvalue weighted by molar-refractivity contribution is -0.385. The molecule has 0 aliphatic heterocycles. The highest BCUT2D eigenvalue weighted by Crippen LogP contribution is 2.31. The minimum absolute atomic E-state index is 0.112. The van der Waals surface area contributed by atoms with Crippen molar-refractivity contribution in [2.45, 2.75) is 27.3 Å². The van der Waals surface area contributed by atoms with Gasteiger partial charge in [0.15, 0.2) is 0 Å². The molecule has 21 heavy (non-hydrogen) atoms. The average molecular weight is 353 g/mol. The third-order valence-electron chi connectivity index (χ3n) is 3.60. The summed E-state index contributed by atoms with van der Waals surface area (Å²) in [6, 6.07) is 3.31. The maximum Gasteiger partial charge on any atom is 0.273 e. The fourth-order valence-electron chi connectivity index (χ4n) is 2.26. The largest absolute Gasteiger partial charge is 0.380 e. The molecule has 1 aromatic carbocycles. The van der Waals surface area contributed by atoms with Crippen LogP contribution in [0.5, 0.6) is 0 Å². The molecular weight excluding hydrogens is 336 g/mol. The van der Waals surface area contributed by atoms with E-state index in [1.54, 1.807) is 13.0 Å². The highest BCUT2D eigenvalue weighted by molar-refractivity contribution is 9.10. The van der Waals surface area contributed by atoms with E-state index in [1.165, 1.54) is 6.07 Å². The average Bonchev–Trinajstić information content (AvgIpc) is 2.64. The van der Waals surface area contributed by atoms with Crippen molar-refractivity contribution in [1.29, 1.82) is 0 Å². The fraction of sp³-hybridized carbons (Fsp3) is 0.357. The number of nitro benzene ring substituents is 1. The Kier molecular flexibility index (Phi) is 4.32. The van der Waals surface area contributed by atoms with E-state index in [2.05, 4.69) is 26.3 Å². The molecule has 0 unspecified atom stereocenters. The molecule has 2 aromatic rings. The predicted molar refractivity (Wildman–Crippen MR) is 85.5 cm³/mol. The second kappa shape index (κ2) is 5.85. The standard InChI is InChI=1S/C14H17BrN4O2/c1-8-5-13(12(15)6-14(8)19(20)21)16-7-11-9(2)17-18(4)10(11)3/h5-6,16H,7H2,1-4H3. The Morgan fingerprint density at radius 3 is 2.57 bits per heavy atom. The summed E-state index contributed by atoms with van der Waals surface area (Å²) in [6.45, 7) is 6.35. The summed E-state index contributed by atoms with van der Waals surface area (Å²) in [5.41, 5.74) is 4.81. The smallest absolute Gasteiger partial charge is 0.273 e. The van der Waals surface area contributed by atoms with Gasteiger partial charge in [0, 0.05) is 46.6 Å². The molecule has 1 aromatic heterocycles. The lowest BCUT2D eigenvalue weighted by Gasteiger charge is -2.10. The minimum atomic E-state index is -0.376. The van der Waals surface area contributed by atoms with Crippen LogP contribution in [0.1, 0.15) is 22.5 Å². The SMILES string of the molecule is Cc1cc(NCc2c(C)nn(C)c2C)c(Br)cc1[N+](=O)[O-]. The van der Waals surface area contributed by atoms with Crippen LogP contribution in [0.25, 0.3) is 0 Å². The number of nitro groups is 1. The van der Waals surface area contributed by atoms with Gasteiger partial charge in [-0.15, -0.1) is 0 Å². The van der Waals surface area contributed by atoms with Gasteiger partial charge in [-0.25, -0.2) is 0 Å². The quantitative estimate of drug-likeness (QED) is 0.673. The van der Waals surface area contributed by atoms with E-state index in [1.807, 2.05) is 25.6 Å². The Labute approximate surface area is 131 Å². The van der Waals surface area contributed by atoms with E-state index in [9.17, 15) is 10.1 Å². The number of hydrogen-bond donors (Lipinski definition) is 1. The molecule has 1 N–H and O–H groups in total. The second-order valence-electron chi connectivity index (χ2n) is 5.00. The molecule has 0 spiro atoms. The predicted octanol–water partition coefficient (Wildman–Crippen LogP) is 3.63. The van der Waals surface area contributed by atoms with Gasteiger partial charge in [-0.2, -0.15) is 5.10 Å². The van der Waals surface area contributed by atoms with Crippen molar-refractivity contribution in [3.63, 3.8) is 0 Å². The normalized spacial score (nSPS) is 10.7. The van der Waals surface area contributed by atoms with Crippen molar-refractivity contribution in [3.8, 4) is 0 Å². The lowest BCUT2D eigenvalue weighted by Crippen LogP contribution is -2.04. The van der Waals surface area contributed by atoms with E-state index in [-0.39, 0.29) is 10.6 Å². The van der Waals surface area contributed by atoms with Crippen LogP contribution in [-0.2, 0) is 13.6 Å². The molecule has 0 saturated carbocycles. The molecule has 7 heteroatoms. The molecular formula is C14H17BrN4O2. The molecule has 2 rings (SSSR count). The summed E-state index contributed by atoms with van der Waals surface area (Å²) in [5, 5.41) is 18.6. The van der Waals surface area contributed by atoms with Crippen LogP contribution >= 0.6 is 15.9 Å². The topological polar surface area (TPSA) is 73.0 Å². The zero-order valence-electron chi connectivity index (χ0n) is 12.4. The van der Waals surface area contributed by atoms with Crippen LogP contribution in [0.2, 0.25) is 0 Å². The Bertz CT molecular complexity index is 709. The minimum Gasteiger partial charge on any atom is -0.380 e. The summed E-state index contributed by atoms with van der Waals surface area (Å²) in [5.74, 6) is 0. The highest BCUT2D eigenvalue weighted by atomic mass is 79.9. The molecule has 0 aliphatic rings. The first-order valence-corrected chi connectivity index (χ1v) is 7.28. The molecule has 0 atom stereocenters. The van der Waals surface area contributed by atoms with Gasteiger partial charge in [-0.05, 0) is 42.8 Å². The fourth-order valence-corrected chi connectivity index (χ4v) is 2.73. The van der Waals surface area contributed by atoms with Gasteiger partial charge in [0.2, 0.25) is 0 Å². The van der Waals surface area contributed by atoms with Gasteiger partial charge in [0.05, 0.1) is 10.6 Å². The summed E-state index contributed by atoms with van der Waals surface area (Å²) in [4.78, 5) is 10.5. The number of aromatic nitrogens is 2. The van der Waals surface area contributed by atoms with Gasteiger partial charge in [-0.1, -0.05) is 0 Å². The van der Waals surface area contributed by atoms with Crippen molar-refractivity contribution in [2.75, 3.05) is 5.32 Å². The van der Waals surface area contributed by atoms with E-state index in [0.29, 0.717) is 16.6 Å². The number of nitrogens with one attached hydrogen (secondary N) is 1. The van der Waals surface area contributed by atoms with Gasteiger partial charge in [-0.3, -0.25) is 14.8 Å². The first-order valence-electron chi connectivity index (χ1n) is 6.48. The number of hydrogen-bond acceptors (Lipinski definition) is 4. The van der Waals surface area contributed by atoms with Gasteiger partial charge in [0.25, 0.3) is 5.69 Å². The van der Waals surface area contributed by atoms with Crippen LogP contribution in [0.3, 0.4) is 0 Å². The summed E-state index contributed by atoms with van der Waals surface area (Å²) in [6.07, 6.45) is 0. The number of benzene rings is 1. The Morgan fingerprint density at radius 1 is 1.38 bits per heavy atom. The van der Waals surface area contributed by atoms with Crippen molar-refractivity contribution < 1.29 is 4.92 Å². The molecule has 112 valence electrons. The molecule has 0 saturated heterocycles. The molecule has 0 amide bonds. The first-order chi connectivity index (χ1) is 9.81. The number of rotatable bonds is 4. The van der Waals surface area contributed by atoms with Gasteiger partial charge in [0.1, 0.15) is 0 Å². The Hall–Kier alpha value is -1.89. The molecule has 0 bridgehead atoms. The van der Waals surface area contributed by atoms with E-state index < -0.39 is 0 Å². The first kappa shape index (κ1) is 15.5. The van der Waals surface area contributed by atoms with Crippen LogP contribution in [0.4, 0.5) is 11.4 Å². The molecule has 0 aliphatic carbocycles. The Balaban J connectivity index is 2.25. The van der Waals surface area contributed by atoms with Crippen molar-refractivity contribution >= 4 is 27.3 Å². The van der Waals surface area contributed by atoms with Gasteiger partial charge < -0.3 is 5.32 Å².